The summed E-state index contributed by atoms with van der Waals surface area (Å²) >= 11 is 7.24. The van der Waals surface area contributed by atoms with Gasteiger partial charge in [0, 0.05) is 0 Å². The Morgan fingerprint density at radius 2 is 2.07 bits per heavy atom. The average molecular weight is 280 g/mol. The van der Waals surface area contributed by atoms with Crippen LogP contribution in [0.2, 0.25) is 0 Å². The maximum absolute atomic E-state index is 11.4. The number of thiol groups is 1. The van der Waals surface area contributed by atoms with Crippen molar-refractivity contribution < 1.29 is 14.7 Å². The quantitative estimate of drug-likeness (QED) is 0.346. The molecule has 1 rings (SSSR count). The fourth-order valence-electron chi connectivity index (χ4n) is 1.24. The molecule has 0 aromatic heterocycles. The van der Waals surface area contributed by atoms with E-state index in [4.69, 9.17) is 5.11 Å². The third-order valence-corrected chi connectivity index (χ3v) is 3.75. The molecule has 0 aromatic rings. The van der Waals surface area contributed by atoms with Gasteiger partial charge in [-0.1, -0.05) is 15.9 Å². The van der Waals surface area contributed by atoms with Crippen LogP contribution in [0.15, 0.2) is 11.3 Å². The second kappa shape index (κ2) is 3.94. The van der Waals surface area contributed by atoms with Crippen molar-refractivity contribution in [2.45, 2.75) is 24.0 Å². The van der Waals surface area contributed by atoms with E-state index < -0.39 is 11.3 Å². The number of halogens is 1. The monoisotopic (exact) mass is 279 g/mol. The summed E-state index contributed by atoms with van der Waals surface area (Å²) in [6, 6.07) is 0. The normalized spacial score (nSPS) is 25.7. The summed E-state index contributed by atoms with van der Waals surface area (Å²) in [7, 11) is 0. The number of hydrogen-bond donors (Lipinski definition) is 2. The zero-order chi connectivity index (χ0) is 11.0. The predicted molar refractivity (Wildman–Crippen MR) is 58.3 cm³/mol. The molecule has 1 fully saturated rings. The first kappa shape index (κ1) is 11.6. The van der Waals surface area contributed by atoms with E-state index in [9.17, 15) is 9.59 Å². The number of nitrogens with zero attached hydrogens (tertiary/aromatic N) is 1. The van der Waals surface area contributed by atoms with Crippen molar-refractivity contribution in [3.63, 3.8) is 0 Å². The highest BCUT2D eigenvalue weighted by Crippen LogP contribution is 2.34. The molecule has 0 spiro atoms. The third kappa shape index (κ3) is 1.68. The van der Waals surface area contributed by atoms with E-state index in [0.29, 0.717) is 5.57 Å². The van der Waals surface area contributed by atoms with E-state index in [1.165, 1.54) is 4.90 Å². The number of hydrogen-bond acceptors (Lipinski definition) is 3. The number of carboxylic acids is 1. The minimum Gasteiger partial charge on any atom is -0.477 e. The van der Waals surface area contributed by atoms with Gasteiger partial charge in [-0.05, 0) is 19.4 Å². The smallest absolute Gasteiger partial charge is 0.352 e. The molecule has 78 valence electrons. The van der Waals surface area contributed by atoms with Gasteiger partial charge in [-0.15, -0.1) is 0 Å². The van der Waals surface area contributed by atoms with Crippen LogP contribution in [0.25, 0.3) is 0 Å². The van der Waals surface area contributed by atoms with Crippen molar-refractivity contribution in [2.75, 3.05) is 0 Å². The van der Waals surface area contributed by atoms with Gasteiger partial charge >= 0.3 is 5.97 Å². The minimum absolute atomic E-state index is 0.0192. The van der Waals surface area contributed by atoms with Gasteiger partial charge in [0.05, 0.1) is 0 Å². The van der Waals surface area contributed by atoms with E-state index in [2.05, 4.69) is 28.6 Å². The molecule has 1 saturated heterocycles. The number of likely N-dealkylation sites (tertiary alicyclic amines) is 1. The zero-order valence-electron chi connectivity index (χ0n) is 7.69. The van der Waals surface area contributed by atoms with Crippen LogP contribution in [-0.2, 0) is 9.59 Å². The van der Waals surface area contributed by atoms with E-state index >= 15 is 0 Å². The van der Waals surface area contributed by atoms with Gasteiger partial charge in [-0.3, -0.25) is 9.69 Å². The number of alkyl halides is 1. The molecule has 6 heteroatoms. The van der Waals surface area contributed by atoms with Crippen molar-refractivity contribution in [3.8, 4) is 0 Å². The zero-order valence-corrected chi connectivity index (χ0v) is 10.2. The second-order valence-corrected chi connectivity index (χ2v) is 4.69. The summed E-state index contributed by atoms with van der Waals surface area (Å²) in [6.45, 7) is 3.30. The summed E-state index contributed by atoms with van der Waals surface area (Å²) < 4.78 is 0. The molecule has 1 aliphatic heterocycles. The Morgan fingerprint density at radius 3 is 2.36 bits per heavy atom. The third-order valence-electron chi connectivity index (χ3n) is 1.92. The van der Waals surface area contributed by atoms with Crippen LogP contribution in [0.4, 0.5) is 0 Å². The molecule has 2 atom stereocenters. The number of allylic oxidation sites excluding steroid dienone is 1. The molecular weight excluding hydrogens is 270 g/mol. The standard InChI is InChI=1S/C8H10BrNO3S/c1-3(2)5(8(12)13)10-6(11)4(9)7(10)14/h4,7,14H,1-2H3,(H,12,13)/t4-,7+/m0/s1. The number of rotatable bonds is 2. The Balaban J connectivity index is 3.00. The van der Waals surface area contributed by atoms with Crippen LogP contribution >= 0.6 is 28.6 Å². The lowest BCUT2D eigenvalue weighted by Gasteiger charge is -2.42. The summed E-state index contributed by atoms with van der Waals surface area (Å²) in [4.78, 5) is 23.0. The van der Waals surface area contributed by atoms with Gasteiger partial charge < -0.3 is 5.11 Å². The molecular formula is C8H10BrNO3S. The Hall–Kier alpha value is -0.490. The molecule has 1 heterocycles. The van der Waals surface area contributed by atoms with Crippen LogP contribution in [0.1, 0.15) is 13.8 Å². The fourth-order valence-corrected chi connectivity index (χ4v) is 2.05. The van der Waals surface area contributed by atoms with Crippen LogP contribution in [-0.4, -0.2) is 32.1 Å². The van der Waals surface area contributed by atoms with Crippen molar-refractivity contribution >= 4 is 40.4 Å². The minimum atomic E-state index is -1.10. The van der Waals surface area contributed by atoms with Gasteiger partial charge in [0.15, 0.2) is 0 Å². The Morgan fingerprint density at radius 1 is 1.57 bits per heavy atom. The number of β-lactam (4-membered cyclic amide) rings is 1. The number of amides is 1. The average Bonchev–Trinajstić information content (AvgIpc) is 2.10. The van der Waals surface area contributed by atoms with Gasteiger partial charge in [0.2, 0.25) is 5.91 Å². The lowest BCUT2D eigenvalue weighted by molar-refractivity contribution is -0.145. The van der Waals surface area contributed by atoms with E-state index in [1.807, 2.05) is 0 Å². The molecule has 14 heavy (non-hydrogen) atoms. The second-order valence-electron chi connectivity index (χ2n) is 3.18. The molecule has 0 bridgehead atoms. The Bertz CT molecular complexity index is 325. The Labute approximate surface area is 95.5 Å². The lowest BCUT2D eigenvalue weighted by atomic mass is 10.1. The number of carboxylic acid groups (broad SMARTS) is 1. The fraction of sp³-hybridized carbons (Fsp3) is 0.500. The van der Waals surface area contributed by atoms with Gasteiger partial charge in [0.1, 0.15) is 15.9 Å². The molecule has 0 aliphatic carbocycles. The highest BCUT2D eigenvalue weighted by Gasteiger charge is 2.47. The largest absolute Gasteiger partial charge is 0.477 e. The van der Waals surface area contributed by atoms with E-state index in [0.717, 1.165) is 0 Å². The van der Waals surface area contributed by atoms with Crippen molar-refractivity contribution in [1.29, 1.82) is 0 Å². The van der Waals surface area contributed by atoms with Crippen molar-refractivity contribution in [3.05, 3.63) is 11.3 Å². The van der Waals surface area contributed by atoms with Crippen LogP contribution in [0.3, 0.4) is 0 Å². The molecule has 0 unspecified atom stereocenters. The van der Waals surface area contributed by atoms with Crippen LogP contribution in [0, 0.1) is 0 Å². The Kier molecular flexibility index (Phi) is 3.26. The summed E-state index contributed by atoms with van der Waals surface area (Å²) in [5, 5.41) is 8.50. The van der Waals surface area contributed by atoms with Crippen LogP contribution < -0.4 is 0 Å². The first-order valence-corrected chi connectivity index (χ1v) is 5.37. The highest BCUT2D eigenvalue weighted by atomic mass is 79.9. The van der Waals surface area contributed by atoms with Gasteiger partial charge in [-0.2, -0.15) is 12.6 Å². The number of carbonyl (C=O) groups is 2. The predicted octanol–water partition coefficient (Wildman–Crippen LogP) is 1.23. The maximum atomic E-state index is 11.4. The van der Waals surface area contributed by atoms with Crippen molar-refractivity contribution in [1.82, 2.24) is 4.90 Å². The van der Waals surface area contributed by atoms with Crippen molar-refractivity contribution in [2.24, 2.45) is 0 Å². The SMILES string of the molecule is CC(C)=C(C(=O)O)N1C(=O)[C@H](Br)[C@H]1S. The first-order valence-electron chi connectivity index (χ1n) is 3.94. The molecule has 0 radical (unpaired) electrons. The maximum Gasteiger partial charge on any atom is 0.352 e. The summed E-state index contributed by atoms with van der Waals surface area (Å²) in [5.41, 5.74) is 0.606. The molecule has 4 nitrogen and oxygen atoms in total. The van der Waals surface area contributed by atoms with E-state index in [1.54, 1.807) is 13.8 Å². The molecule has 1 amide bonds. The van der Waals surface area contributed by atoms with E-state index in [-0.39, 0.29) is 16.4 Å². The van der Waals surface area contributed by atoms with Crippen LogP contribution in [0.5, 0.6) is 0 Å². The topological polar surface area (TPSA) is 57.6 Å². The molecule has 0 saturated carbocycles. The van der Waals surface area contributed by atoms with Gasteiger partial charge in [-0.25, -0.2) is 4.79 Å². The first-order chi connectivity index (χ1) is 6.37. The number of aliphatic carboxylic acids is 1. The highest BCUT2D eigenvalue weighted by molar-refractivity contribution is 9.10. The number of carbonyl (C=O) groups excluding carboxylic acids is 1. The summed E-state index contributed by atoms with van der Waals surface area (Å²) in [5.74, 6) is -1.36. The summed E-state index contributed by atoms with van der Waals surface area (Å²) in [6.07, 6.45) is 0. The molecule has 1 aliphatic rings. The van der Waals surface area contributed by atoms with Gasteiger partial charge in [0.25, 0.3) is 0 Å². The molecule has 0 aromatic carbocycles. The lowest BCUT2D eigenvalue weighted by Crippen LogP contribution is -2.59. The molecule has 1 N–H and O–H groups in total.